The second kappa shape index (κ2) is 6.60. The number of carbonyl (C=O) groups is 1. The number of anilines is 2. The molecule has 0 radical (unpaired) electrons. The van der Waals surface area contributed by atoms with E-state index in [9.17, 15) is 4.79 Å². The number of carbonyl (C=O) groups excluding carboxylic acids is 1. The molecule has 3 nitrogen and oxygen atoms in total. The van der Waals surface area contributed by atoms with Crippen molar-refractivity contribution in [2.75, 3.05) is 11.1 Å². The topological polar surface area (TPSA) is 55.1 Å². The molecule has 1 aromatic carbocycles. The van der Waals surface area contributed by atoms with Gasteiger partial charge >= 0.3 is 0 Å². The van der Waals surface area contributed by atoms with Crippen molar-refractivity contribution in [3.05, 3.63) is 23.8 Å². The number of rotatable bonds is 3. The maximum atomic E-state index is 11.5. The Bertz CT molecular complexity index is 434. The summed E-state index contributed by atoms with van der Waals surface area (Å²) >= 11 is 0. The average molecular weight is 260 g/mol. The predicted octanol–water partition coefficient (Wildman–Crippen LogP) is 4.00. The van der Waals surface area contributed by atoms with Gasteiger partial charge in [0.25, 0.3) is 0 Å². The van der Waals surface area contributed by atoms with Crippen LogP contribution in [0.4, 0.5) is 11.4 Å². The predicted molar refractivity (Wildman–Crippen MR) is 80.6 cm³/mol. The van der Waals surface area contributed by atoms with E-state index in [2.05, 4.69) is 5.32 Å². The zero-order valence-electron chi connectivity index (χ0n) is 11.7. The van der Waals surface area contributed by atoms with Crippen molar-refractivity contribution in [1.82, 2.24) is 0 Å². The molecule has 3 N–H and O–H groups in total. The fraction of sp³-hybridized carbons (Fsp3) is 0.562. The summed E-state index contributed by atoms with van der Waals surface area (Å²) in [5, 5.41) is 3.56. The molecule has 0 aromatic heterocycles. The van der Waals surface area contributed by atoms with Gasteiger partial charge in [0, 0.05) is 23.0 Å². The molecule has 19 heavy (non-hydrogen) atoms. The van der Waals surface area contributed by atoms with E-state index in [4.69, 9.17) is 5.73 Å². The molecule has 104 valence electrons. The Morgan fingerprint density at radius 3 is 2.42 bits per heavy atom. The van der Waals surface area contributed by atoms with Crippen LogP contribution >= 0.6 is 0 Å². The van der Waals surface area contributed by atoms with Crippen LogP contribution in [0.1, 0.15) is 62.2 Å². The van der Waals surface area contributed by atoms with Gasteiger partial charge < -0.3 is 11.1 Å². The number of hydrogen-bond donors (Lipinski definition) is 2. The van der Waals surface area contributed by atoms with Gasteiger partial charge in [-0.05, 0) is 38.0 Å². The van der Waals surface area contributed by atoms with Crippen LogP contribution in [0.2, 0.25) is 0 Å². The van der Waals surface area contributed by atoms with Crippen molar-refractivity contribution < 1.29 is 4.79 Å². The highest BCUT2D eigenvalue weighted by atomic mass is 16.1. The molecule has 1 aliphatic carbocycles. The molecular formula is C16H24N2O. The van der Waals surface area contributed by atoms with Gasteiger partial charge in [0.15, 0.2) is 5.78 Å². The number of nitrogens with two attached hydrogens (primary N) is 1. The largest absolute Gasteiger partial charge is 0.398 e. The summed E-state index contributed by atoms with van der Waals surface area (Å²) in [5.41, 5.74) is 8.03. The molecule has 0 amide bonds. The van der Waals surface area contributed by atoms with Crippen LogP contribution in [0.25, 0.3) is 0 Å². The zero-order chi connectivity index (χ0) is 13.7. The fourth-order valence-corrected chi connectivity index (χ4v) is 2.79. The normalized spacial score (nSPS) is 17.5. The molecule has 3 heteroatoms. The average Bonchev–Trinajstić information content (AvgIpc) is 2.34. The van der Waals surface area contributed by atoms with Crippen molar-refractivity contribution >= 4 is 17.2 Å². The van der Waals surface area contributed by atoms with Crippen LogP contribution in [-0.4, -0.2) is 11.8 Å². The molecule has 0 bridgehead atoms. The van der Waals surface area contributed by atoms with Gasteiger partial charge in [0.2, 0.25) is 0 Å². The maximum absolute atomic E-state index is 11.5. The molecule has 1 saturated carbocycles. The lowest BCUT2D eigenvalue weighted by Crippen LogP contribution is -2.20. The molecule has 1 aromatic rings. The van der Waals surface area contributed by atoms with E-state index in [0.717, 1.165) is 5.69 Å². The highest BCUT2D eigenvalue weighted by Crippen LogP contribution is 2.23. The number of nitrogen functional groups attached to an aromatic ring is 1. The smallest absolute Gasteiger partial charge is 0.161 e. The first kappa shape index (κ1) is 13.9. The van der Waals surface area contributed by atoms with E-state index in [1.54, 1.807) is 6.92 Å². The SMILES string of the molecule is CC(=O)c1cc(NC2CCCCCCC2)ccc1N. The molecule has 0 heterocycles. The summed E-state index contributed by atoms with van der Waals surface area (Å²) in [5.74, 6) is 0.0267. The fourth-order valence-electron chi connectivity index (χ4n) is 2.79. The summed E-state index contributed by atoms with van der Waals surface area (Å²) in [6.07, 6.45) is 9.11. The minimum Gasteiger partial charge on any atom is -0.398 e. The molecule has 2 rings (SSSR count). The Morgan fingerprint density at radius 1 is 1.16 bits per heavy atom. The second-order valence-corrected chi connectivity index (χ2v) is 5.54. The number of nitrogens with one attached hydrogen (secondary N) is 1. The van der Waals surface area contributed by atoms with E-state index in [-0.39, 0.29) is 5.78 Å². The monoisotopic (exact) mass is 260 g/mol. The summed E-state index contributed by atoms with van der Waals surface area (Å²) in [6.45, 7) is 1.56. The van der Waals surface area contributed by atoms with Gasteiger partial charge in [-0.3, -0.25) is 4.79 Å². The highest BCUT2D eigenvalue weighted by molar-refractivity contribution is 6.00. The lowest BCUT2D eigenvalue weighted by atomic mass is 9.96. The van der Waals surface area contributed by atoms with Gasteiger partial charge in [0.1, 0.15) is 0 Å². The van der Waals surface area contributed by atoms with E-state index < -0.39 is 0 Å². The van der Waals surface area contributed by atoms with Crippen LogP contribution in [0.3, 0.4) is 0 Å². The third-order valence-corrected chi connectivity index (χ3v) is 3.91. The zero-order valence-corrected chi connectivity index (χ0v) is 11.7. The molecule has 0 aliphatic heterocycles. The Labute approximate surface area is 115 Å². The second-order valence-electron chi connectivity index (χ2n) is 5.54. The highest BCUT2D eigenvalue weighted by Gasteiger charge is 2.12. The van der Waals surface area contributed by atoms with Crippen LogP contribution < -0.4 is 11.1 Å². The van der Waals surface area contributed by atoms with Gasteiger partial charge in [-0.25, -0.2) is 0 Å². The Morgan fingerprint density at radius 2 is 1.79 bits per heavy atom. The summed E-state index contributed by atoms with van der Waals surface area (Å²) in [4.78, 5) is 11.5. The van der Waals surface area contributed by atoms with Crippen molar-refractivity contribution in [1.29, 1.82) is 0 Å². The third-order valence-electron chi connectivity index (χ3n) is 3.91. The molecule has 1 aliphatic rings. The first-order valence-corrected chi connectivity index (χ1v) is 7.34. The van der Waals surface area contributed by atoms with Crippen molar-refractivity contribution in [2.24, 2.45) is 0 Å². The van der Waals surface area contributed by atoms with Crippen LogP contribution in [-0.2, 0) is 0 Å². The minimum atomic E-state index is 0.0267. The van der Waals surface area contributed by atoms with Crippen molar-refractivity contribution in [2.45, 2.75) is 57.9 Å². The van der Waals surface area contributed by atoms with Gasteiger partial charge in [-0.1, -0.05) is 32.1 Å². The first-order chi connectivity index (χ1) is 9.16. The Kier molecular flexibility index (Phi) is 4.83. The van der Waals surface area contributed by atoms with Crippen molar-refractivity contribution in [3.63, 3.8) is 0 Å². The quantitative estimate of drug-likeness (QED) is 0.638. The van der Waals surface area contributed by atoms with Gasteiger partial charge in [-0.15, -0.1) is 0 Å². The van der Waals surface area contributed by atoms with Crippen LogP contribution in [0.5, 0.6) is 0 Å². The molecular weight excluding hydrogens is 236 g/mol. The lowest BCUT2D eigenvalue weighted by Gasteiger charge is -2.22. The molecule has 1 fully saturated rings. The van der Waals surface area contributed by atoms with E-state index in [0.29, 0.717) is 17.3 Å². The van der Waals surface area contributed by atoms with E-state index in [1.807, 2.05) is 18.2 Å². The maximum Gasteiger partial charge on any atom is 0.161 e. The van der Waals surface area contributed by atoms with Crippen LogP contribution in [0, 0.1) is 0 Å². The molecule has 0 atom stereocenters. The summed E-state index contributed by atoms with van der Waals surface area (Å²) in [7, 11) is 0. The van der Waals surface area contributed by atoms with Gasteiger partial charge in [-0.2, -0.15) is 0 Å². The number of benzene rings is 1. The number of Topliss-reactive ketones (excluding diaryl/α,β-unsaturated/α-hetero) is 1. The number of hydrogen-bond acceptors (Lipinski definition) is 3. The minimum absolute atomic E-state index is 0.0267. The van der Waals surface area contributed by atoms with Crippen molar-refractivity contribution in [3.8, 4) is 0 Å². The Balaban J connectivity index is 2.05. The van der Waals surface area contributed by atoms with Gasteiger partial charge in [0.05, 0.1) is 0 Å². The molecule has 0 spiro atoms. The van der Waals surface area contributed by atoms with E-state index in [1.165, 1.54) is 44.9 Å². The van der Waals surface area contributed by atoms with Crippen LogP contribution in [0.15, 0.2) is 18.2 Å². The third kappa shape index (κ3) is 3.98. The summed E-state index contributed by atoms with van der Waals surface area (Å²) < 4.78 is 0. The Hall–Kier alpha value is -1.51. The molecule has 0 saturated heterocycles. The summed E-state index contributed by atoms with van der Waals surface area (Å²) in [6, 6.07) is 6.21. The van der Waals surface area contributed by atoms with E-state index >= 15 is 0 Å². The molecule has 0 unspecified atom stereocenters. The number of ketones is 1. The first-order valence-electron chi connectivity index (χ1n) is 7.34. The lowest BCUT2D eigenvalue weighted by molar-refractivity contribution is 0.101. The standard InChI is InChI=1S/C16H24N2O/c1-12(19)15-11-14(9-10-16(15)17)18-13-7-5-3-2-4-6-8-13/h9-11,13,18H,2-8,17H2,1H3.